The summed E-state index contributed by atoms with van der Waals surface area (Å²) in [5, 5.41) is 3.92. The van der Waals surface area contributed by atoms with Crippen molar-refractivity contribution in [3.8, 4) is 0 Å². The van der Waals surface area contributed by atoms with Crippen LogP contribution in [0.2, 0.25) is 0 Å². The van der Waals surface area contributed by atoms with Gasteiger partial charge in [-0.1, -0.05) is 0 Å². The molecule has 0 aliphatic rings. The number of hydrogen-bond acceptors (Lipinski definition) is 2. The second-order valence-electron chi connectivity index (χ2n) is 2.46. The molecule has 0 bridgehead atoms. The third kappa shape index (κ3) is 0.756. The molecule has 0 saturated heterocycles. The number of nitrogens with two attached hydrogens (primary N) is 1. The first kappa shape index (κ1) is 6.15. The molecule has 0 aliphatic carbocycles. The summed E-state index contributed by atoms with van der Waals surface area (Å²) < 4.78 is 1.80. The fraction of sp³-hybridized carbons (Fsp3) is 0.143. The summed E-state index contributed by atoms with van der Waals surface area (Å²) in [5.41, 5.74) is 6.54. The number of pyridine rings is 1. The van der Waals surface area contributed by atoms with E-state index < -0.39 is 0 Å². The molecule has 0 saturated carbocycles. The molecule has 4 nitrogen and oxygen atoms in total. The smallest absolute Gasteiger partial charge is 0.352 e. The molecule has 2 rings (SSSR count). The summed E-state index contributed by atoms with van der Waals surface area (Å²) in [7, 11) is 1.88. The van der Waals surface area contributed by atoms with E-state index in [1.54, 1.807) is 10.9 Å². The number of H-pyrrole nitrogens is 1. The lowest BCUT2D eigenvalue weighted by molar-refractivity contribution is -0.703. The number of nitrogens with zero attached hydrogens (tertiary/aromatic N) is 2. The maximum Gasteiger partial charge on any atom is 0.352 e. The number of nitrogen functional groups attached to an aromatic ring is 1. The summed E-state index contributed by atoms with van der Waals surface area (Å²) in [6, 6.07) is 3.81. The molecule has 2 heterocycles. The second kappa shape index (κ2) is 1.95. The van der Waals surface area contributed by atoms with Crippen molar-refractivity contribution in [2.75, 3.05) is 5.73 Å². The molecule has 2 aromatic heterocycles. The highest BCUT2D eigenvalue weighted by Crippen LogP contribution is 2.11. The first-order valence-corrected chi connectivity index (χ1v) is 3.37. The van der Waals surface area contributed by atoms with Crippen LogP contribution in [0.25, 0.3) is 11.0 Å². The van der Waals surface area contributed by atoms with Gasteiger partial charge in [0.05, 0.1) is 0 Å². The monoisotopic (exact) mass is 149 g/mol. The second-order valence-corrected chi connectivity index (χ2v) is 2.46. The van der Waals surface area contributed by atoms with E-state index in [1.807, 2.05) is 19.2 Å². The predicted molar refractivity (Wildman–Crippen MR) is 41.7 cm³/mol. The molecular formula is C7H9N4+. The number of fused-ring (bicyclic) bond motifs is 1. The molecule has 0 amide bonds. The molecule has 0 fully saturated rings. The quantitative estimate of drug-likeness (QED) is 0.517. The van der Waals surface area contributed by atoms with E-state index >= 15 is 0 Å². The van der Waals surface area contributed by atoms with Gasteiger partial charge in [0.2, 0.25) is 0 Å². The van der Waals surface area contributed by atoms with Crippen molar-refractivity contribution < 1.29 is 4.68 Å². The number of aryl methyl sites for hydroxylation is 1. The van der Waals surface area contributed by atoms with Crippen LogP contribution in [-0.4, -0.2) is 10.1 Å². The highest BCUT2D eigenvalue weighted by atomic mass is 15.3. The van der Waals surface area contributed by atoms with Gasteiger partial charge >= 0.3 is 5.65 Å². The van der Waals surface area contributed by atoms with E-state index in [-0.39, 0.29) is 0 Å². The van der Waals surface area contributed by atoms with Crippen LogP contribution >= 0.6 is 0 Å². The zero-order valence-electron chi connectivity index (χ0n) is 6.20. The minimum atomic E-state index is 0.663. The summed E-state index contributed by atoms with van der Waals surface area (Å²) in [5.74, 6) is 0.663. The van der Waals surface area contributed by atoms with Gasteiger partial charge < -0.3 is 5.73 Å². The lowest BCUT2D eigenvalue weighted by Crippen LogP contribution is -2.30. The van der Waals surface area contributed by atoms with Crippen LogP contribution in [-0.2, 0) is 7.05 Å². The molecule has 0 aliphatic heterocycles. The number of rotatable bonds is 0. The number of hydrogen-bond donors (Lipinski definition) is 2. The van der Waals surface area contributed by atoms with Gasteiger partial charge in [-0.3, -0.25) is 0 Å². The fourth-order valence-corrected chi connectivity index (χ4v) is 1.17. The minimum Gasteiger partial charge on any atom is -0.382 e. The Morgan fingerprint density at radius 3 is 3.18 bits per heavy atom. The zero-order chi connectivity index (χ0) is 7.84. The van der Waals surface area contributed by atoms with Crippen LogP contribution in [0.1, 0.15) is 0 Å². The lowest BCUT2D eigenvalue weighted by Gasteiger charge is -1.78. The van der Waals surface area contributed by atoms with Gasteiger partial charge in [-0.2, -0.15) is 4.68 Å². The Labute approximate surface area is 63.6 Å². The van der Waals surface area contributed by atoms with Crippen molar-refractivity contribution >= 4 is 16.9 Å². The van der Waals surface area contributed by atoms with E-state index in [2.05, 4.69) is 10.1 Å². The fourth-order valence-electron chi connectivity index (χ4n) is 1.17. The first-order valence-electron chi connectivity index (χ1n) is 3.37. The summed E-state index contributed by atoms with van der Waals surface area (Å²) in [4.78, 5) is 4.15. The van der Waals surface area contributed by atoms with Crippen LogP contribution < -0.4 is 10.4 Å². The normalized spacial score (nSPS) is 10.6. The molecular weight excluding hydrogens is 140 g/mol. The van der Waals surface area contributed by atoms with Gasteiger partial charge in [-0.05, 0) is 17.1 Å². The van der Waals surface area contributed by atoms with Gasteiger partial charge in [0, 0.05) is 0 Å². The Bertz CT molecular complexity index is 354. The third-order valence-electron chi connectivity index (χ3n) is 1.68. The molecule has 4 heteroatoms. The van der Waals surface area contributed by atoms with Crippen molar-refractivity contribution in [3.05, 3.63) is 18.3 Å². The summed E-state index contributed by atoms with van der Waals surface area (Å²) >= 11 is 0. The van der Waals surface area contributed by atoms with Gasteiger partial charge in [-0.15, -0.1) is 0 Å². The average molecular weight is 149 g/mol. The molecule has 0 unspecified atom stereocenters. The molecule has 0 aromatic carbocycles. The number of anilines is 1. The van der Waals surface area contributed by atoms with Crippen molar-refractivity contribution in [1.29, 1.82) is 0 Å². The highest BCUT2D eigenvalue weighted by Gasteiger charge is 2.10. The molecule has 3 N–H and O–H groups in total. The summed E-state index contributed by atoms with van der Waals surface area (Å²) in [6.45, 7) is 0. The average Bonchev–Trinajstić information content (AvgIpc) is 2.30. The van der Waals surface area contributed by atoms with Gasteiger partial charge in [0.1, 0.15) is 24.4 Å². The number of aromatic nitrogens is 3. The molecule has 0 spiro atoms. The topological polar surface area (TPSA) is 58.6 Å². The molecule has 2 aromatic rings. The lowest BCUT2D eigenvalue weighted by atomic mass is 10.3. The Balaban J connectivity index is 2.95. The van der Waals surface area contributed by atoms with E-state index in [0.717, 1.165) is 11.0 Å². The maximum atomic E-state index is 5.66. The van der Waals surface area contributed by atoms with Crippen molar-refractivity contribution in [3.63, 3.8) is 0 Å². The molecule has 0 atom stereocenters. The number of nitrogens with one attached hydrogen (secondary N) is 1. The van der Waals surface area contributed by atoms with Crippen molar-refractivity contribution in [2.24, 2.45) is 7.05 Å². The third-order valence-corrected chi connectivity index (χ3v) is 1.68. The molecule has 11 heavy (non-hydrogen) atoms. The standard InChI is InChI=1S/C7H8N4/c1-11-7-5(6(8)10-11)3-2-4-9-7/h2-4H,1H3,(H2,8,10)/p+1. The van der Waals surface area contributed by atoms with E-state index in [0.29, 0.717) is 5.82 Å². The van der Waals surface area contributed by atoms with Crippen LogP contribution in [0.4, 0.5) is 5.82 Å². The molecule has 0 radical (unpaired) electrons. The Hall–Kier alpha value is -1.58. The van der Waals surface area contributed by atoms with Gasteiger partial charge in [-0.25, -0.2) is 5.10 Å². The number of aromatic amines is 1. The Morgan fingerprint density at radius 1 is 1.64 bits per heavy atom. The van der Waals surface area contributed by atoms with Crippen LogP contribution in [0.15, 0.2) is 18.3 Å². The van der Waals surface area contributed by atoms with Crippen molar-refractivity contribution in [1.82, 2.24) is 10.1 Å². The van der Waals surface area contributed by atoms with Crippen LogP contribution in [0.3, 0.4) is 0 Å². The predicted octanol–water partition coefficient (Wildman–Crippen LogP) is -0.0304. The van der Waals surface area contributed by atoms with E-state index in [1.165, 1.54) is 0 Å². The van der Waals surface area contributed by atoms with E-state index in [4.69, 9.17) is 5.73 Å². The SMILES string of the molecule is C[n+]1[nH]c(N)c2cccnc21. The zero-order valence-corrected chi connectivity index (χ0v) is 6.20. The van der Waals surface area contributed by atoms with Crippen LogP contribution in [0, 0.1) is 0 Å². The maximum absolute atomic E-state index is 5.66. The van der Waals surface area contributed by atoms with Gasteiger partial charge in [0.15, 0.2) is 0 Å². The highest BCUT2D eigenvalue weighted by molar-refractivity contribution is 5.82. The molecule has 56 valence electrons. The van der Waals surface area contributed by atoms with Crippen LogP contribution in [0.5, 0.6) is 0 Å². The van der Waals surface area contributed by atoms with Crippen molar-refractivity contribution in [2.45, 2.75) is 0 Å². The van der Waals surface area contributed by atoms with Gasteiger partial charge in [0.25, 0.3) is 0 Å². The Kier molecular flexibility index (Phi) is 1.09. The minimum absolute atomic E-state index is 0.663. The Morgan fingerprint density at radius 2 is 2.45 bits per heavy atom. The van der Waals surface area contributed by atoms with E-state index in [9.17, 15) is 0 Å². The first-order chi connectivity index (χ1) is 5.29. The summed E-state index contributed by atoms with van der Waals surface area (Å²) in [6.07, 6.45) is 1.75. The largest absolute Gasteiger partial charge is 0.382 e.